The van der Waals surface area contributed by atoms with Crippen LogP contribution in [0, 0.1) is 0 Å². The van der Waals surface area contributed by atoms with Crippen molar-refractivity contribution in [2.24, 2.45) is 10.7 Å². The standard InChI is InChI=1S/C11H16BN5/c1-2-5-14-11(13)17-7-3-4-8-10(9(7)12)16-6-15-8/h3-4,6H,2,5,12H2,1H3,(H,15,16)(H3,13,14,17). The van der Waals surface area contributed by atoms with Crippen LogP contribution in [0.2, 0.25) is 0 Å². The van der Waals surface area contributed by atoms with Gasteiger partial charge >= 0.3 is 0 Å². The molecule has 0 fully saturated rings. The summed E-state index contributed by atoms with van der Waals surface area (Å²) in [7, 11) is 2.00. The fraction of sp³-hybridized carbons (Fsp3) is 0.273. The average Bonchev–Trinajstić information content (AvgIpc) is 2.79. The number of aliphatic imine (C=N–C) groups is 1. The van der Waals surface area contributed by atoms with Crippen LogP contribution >= 0.6 is 0 Å². The van der Waals surface area contributed by atoms with Crippen LogP contribution in [0.3, 0.4) is 0 Å². The third-order valence-corrected chi connectivity index (χ3v) is 2.61. The number of nitrogens with two attached hydrogens (primary N) is 1. The van der Waals surface area contributed by atoms with E-state index in [-0.39, 0.29) is 0 Å². The van der Waals surface area contributed by atoms with E-state index in [1.54, 1.807) is 6.33 Å². The van der Waals surface area contributed by atoms with E-state index in [0.717, 1.165) is 35.1 Å². The molecule has 0 aliphatic rings. The first kappa shape index (κ1) is 11.5. The molecule has 0 radical (unpaired) electrons. The van der Waals surface area contributed by atoms with Crippen molar-refractivity contribution in [1.82, 2.24) is 15.3 Å². The Labute approximate surface area is 101 Å². The largest absolute Gasteiger partial charge is 0.370 e. The number of rotatable bonds is 3. The van der Waals surface area contributed by atoms with Gasteiger partial charge in [-0.05, 0) is 24.0 Å². The highest BCUT2D eigenvalue weighted by molar-refractivity contribution is 6.41. The molecule has 0 aliphatic heterocycles. The first-order valence-corrected chi connectivity index (χ1v) is 5.73. The Morgan fingerprint density at radius 3 is 3.18 bits per heavy atom. The van der Waals surface area contributed by atoms with Crippen LogP contribution in [0.25, 0.3) is 11.0 Å². The maximum Gasteiger partial charge on any atom is 0.193 e. The fourth-order valence-corrected chi connectivity index (χ4v) is 1.68. The van der Waals surface area contributed by atoms with Gasteiger partial charge in [0.05, 0.1) is 23.0 Å². The van der Waals surface area contributed by atoms with Crippen LogP contribution in [0.1, 0.15) is 13.3 Å². The zero-order chi connectivity index (χ0) is 12.3. The Bertz CT molecular complexity index is 546. The van der Waals surface area contributed by atoms with Gasteiger partial charge < -0.3 is 16.0 Å². The summed E-state index contributed by atoms with van der Waals surface area (Å²) in [6, 6.07) is 3.90. The van der Waals surface area contributed by atoms with Crippen LogP contribution in [0.4, 0.5) is 5.69 Å². The van der Waals surface area contributed by atoms with Gasteiger partial charge in [-0.25, -0.2) is 9.98 Å². The molecule has 0 bridgehead atoms. The topological polar surface area (TPSA) is 79.1 Å². The highest BCUT2D eigenvalue weighted by Crippen LogP contribution is 2.14. The van der Waals surface area contributed by atoms with Crippen molar-refractivity contribution in [2.45, 2.75) is 13.3 Å². The SMILES string of the molecule is Bc1c(/N=C(\N)NCCC)ccc2[nH]cnc12. The Morgan fingerprint density at radius 2 is 2.41 bits per heavy atom. The second-order valence-corrected chi connectivity index (χ2v) is 3.93. The summed E-state index contributed by atoms with van der Waals surface area (Å²) in [5.74, 6) is 0.449. The molecule has 5 nitrogen and oxygen atoms in total. The lowest BCUT2D eigenvalue weighted by molar-refractivity contribution is 0.834. The third-order valence-electron chi connectivity index (χ3n) is 2.61. The van der Waals surface area contributed by atoms with Crippen molar-refractivity contribution in [1.29, 1.82) is 0 Å². The summed E-state index contributed by atoms with van der Waals surface area (Å²) < 4.78 is 0. The summed E-state index contributed by atoms with van der Waals surface area (Å²) in [6.45, 7) is 2.92. The second kappa shape index (κ2) is 4.90. The lowest BCUT2D eigenvalue weighted by Crippen LogP contribution is -2.32. The lowest BCUT2D eigenvalue weighted by Gasteiger charge is -2.05. The molecule has 17 heavy (non-hydrogen) atoms. The van der Waals surface area contributed by atoms with E-state index in [4.69, 9.17) is 5.73 Å². The monoisotopic (exact) mass is 229 g/mol. The quantitative estimate of drug-likeness (QED) is 0.386. The minimum Gasteiger partial charge on any atom is -0.370 e. The first-order valence-electron chi connectivity index (χ1n) is 5.73. The minimum atomic E-state index is 0.449. The Kier molecular flexibility index (Phi) is 3.32. The van der Waals surface area contributed by atoms with Gasteiger partial charge in [0, 0.05) is 6.54 Å². The maximum atomic E-state index is 5.79. The number of guanidine groups is 1. The van der Waals surface area contributed by atoms with Crippen molar-refractivity contribution in [3.8, 4) is 0 Å². The van der Waals surface area contributed by atoms with Gasteiger partial charge in [0.1, 0.15) is 7.85 Å². The molecular weight excluding hydrogens is 213 g/mol. The molecule has 88 valence electrons. The zero-order valence-electron chi connectivity index (χ0n) is 10.1. The molecule has 1 aromatic carbocycles. The van der Waals surface area contributed by atoms with Crippen molar-refractivity contribution in [3.05, 3.63) is 18.5 Å². The van der Waals surface area contributed by atoms with Gasteiger partial charge in [-0.1, -0.05) is 6.92 Å². The third kappa shape index (κ3) is 2.41. The fourth-order valence-electron chi connectivity index (χ4n) is 1.68. The highest BCUT2D eigenvalue weighted by atomic mass is 15.1. The van der Waals surface area contributed by atoms with Crippen molar-refractivity contribution in [2.75, 3.05) is 6.54 Å². The van der Waals surface area contributed by atoms with Gasteiger partial charge in [0.25, 0.3) is 0 Å². The molecule has 0 amide bonds. The van der Waals surface area contributed by atoms with E-state index in [9.17, 15) is 0 Å². The molecule has 4 N–H and O–H groups in total. The van der Waals surface area contributed by atoms with Crippen molar-refractivity contribution >= 4 is 36.0 Å². The van der Waals surface area contributed by atoms with Crippen LogP contribution in [0.15, 0.2) is 23.5 Å². The van der Waals surface area contributed by atoms with E-state index < -0.39 is 0 Å². The molecule has 0 aliphatic carbocycles. The molecule has 0 saturated carbocycles. The van der Waals surface area contributed by atoms with Crippen LogP contribution < -0.4 is 16.5 Å². The lowest BCUT2D eigenvalue weighted by atomic mass is 9.92. The molecular formula is C11H16BN5. The number of benzene rings is 1. The molecule has 0 atom stereocenters. The molecule has 0 unspecified atom stereocenters. The van der Waals surface area contributed by atoms with E-state index in [0.29, 0.717) is 5.96 Å². The van der Waals surface area contributed by atoms with E-state index in [1.807, 2.05) is 20.0 Å². The number of aromatic nitrogens is 2. The Balaban J connectivity index is 2.32. The van der Waals surface area contributed by atoms with Gasteiger partial charge in [0.15, 0.2) is 5.96 Å². The molecule has 2 rings (SSSR count). The van der Waals surface area contributed by atoms with Gasteiger partial charge in [-0.2, -0.15) is 0 Å². The number of hydrogen-bond donors (Lipinski definition) is 3. The number of hydrogen-bond acceptors (Lipinski definition) is 2. The van der Waals surface area contributed by atoms with Gasteiger partial charge in [-0.3, -0.25) is 0 Å². The molecule has 1 aromatic heterocycles. The number of imidazole rings is 1. The smallest absolute Gasteiger partial charge is 0.193 e. The van der Waals surface area contributed by atoms with Crippen LogP contribution in [0.5, 0.6) is 0 Å². The van der Waals surface area contributed by atoms with Crippen LogP contribution in [-0.2, 0) is 0 Å². The number of nitrogens with one attached hydrogen (secondary N) is 2. The second-order valence-electron chi connectivity index (χ2n) is 3.93. The molecule has 1 heterocycles. The first-order chi connectivity index (χ1) is 8.22. The van der Waals surface area contributed by atoms with E-state index in [2.05, 4.69) is 27.2 Å². The number of H-pyrrole nitrogens is 1. The molecule has 0 spiro atoms. The number of aromatic amines is 1. The van der Waals surface area contributed by atoms with Crippen LogP contribution in [-0.4, -0.2) is 30.3 Å². The van der Waals surface area contributed by atoms with Crippen molar-refractivity contribution < 1.29 is 0 Å². The van der Waals surface area contributed by atoms with E-state index in [1.165, 1.54) is 0 Å². The van der Waals surface area contributed by atoms with Gasteiger partial charge in [-0.15, -0.1) is 0 Å². The minimum absolute atomic E-state index is 0.449. The normalized spacial score (nSPS) is 11.9. The predicted molar refractivity (Wildman–Crippen MR) is 73.8 cm³/mol. The summed E-state index contributed by atoms with van der Waals surface area (Å²) in [4.78, 5) is 11.7. The summed E-state index contributed by atoms with van der Waals surface area (Å²) in [6.07, 6.45) is 2.71. The summed E-state index contributed by atoms with van der Waals surface area (Å²) >= 11 is 0. The summed E-state index contributed by atoms with van der Waals surface area (Å²) in [5.41, 5.74) is 9.63. The molecule has 2 aromatic rings. The Morgan fingerprint density at radius 1 is 1.59 bits per heavy atom. The number of fused-ring (bicyclic) bond motifs is 1. The molecule has 0 saturated heterocycles. The maximum absolute atomic E-state index is 5.79. The van der Waals surface area contributed by atoms with E-state index >= 15 is 0 Å². The highest BCUT2D eigenvalue weighted by Gasteiger charge is 2.04. The zero-order valence-corrected chi connectivity index (χ0v) is 10.1. The predicted octanol–water partition coefficient (Wildman–Crippen LogP) is -0.233. The van der Waals surface area contributed by atoms with Gasteiger partial charge in [0.2, 0.25) is 0 Å². The number of nitrogens with zero attached hydrogens (tertiary/aromatic N) is 2. The average molecular weight is 229 g/mol. The molecule has 6 heteroatoms. The van der Waals surface area contributed by atoms with Crippen molar-refractivity contribution in [3.63, 3.8) is 0 Å². The Hall–Kier alpha value is -1.98. The summed E-state index contributed by atoms with van der Waals surface area (Å²) in [5, 5.41) is 3.05.